The fraction of sp³-hybridized carbons (Fsp3) is 0.438. The first-order valence-corrected chi connectivity index (χ1v) is 7.47. The summed E-state index contributed by atoms with van der Waals surface area (Å²) < 4.78 is 0. The summed E-state index contributed by atoms with van der Waals surface area (Å²) in [5, 5.41) is 11.8. The van der Waals surface area contributed by atoms with Crippen LogP contribution in [0.25, 0.3) is 0 Å². The average Bonchev–Trinajstić information content (AvgIpc) is 2.94. The van der Waals surface area contributed by atoms with Crippen molar-refractivity contribution in [1.82, 2.24) is 9.80 Å². The Balaban J connectivity index is 1.99. The molecular formula is C16H21N3O4. The van der Waals surface area contributed by atoms with E-state index in [4.69, 9.17) is 5.11 Å². The monoisotopic (exact) mass is 319 g/mol. The number of benzene rings is 1. The molecule has 7 heteroatoms. The van der Waals surface area contributed by atoms with Gasteiger partial charge in [-0.05, 0) is 37.6 Å². The molecule has 0 spiro atoms. The third-order valence-electron chi connectivity index (χ3n) is 3.79. The number of nitrogens with one attached hydrogen (secondary N) is 1. The number of nitrogens with zero attached hydrogens (tertiary/aromatic N) is 2. The van der Waals surface area contributed by atoms with Gasteiger partial charge in [0.1, 0.15) is 6.04 Å². The van der Waals surface area contributed by atoms with Crippen molar-refractivity contribution in [2.75, 3.05) is 32.5 Å². The molecule has 124 valence electrons. The summed E-state index contributed by atoms with van der Waals surface area (Å²) >= 11 is 0. The summed E-state index contributed by atoms with van der Waals surface area (Å²) in [5.74, 6) is -1.33. The van der Waals surface area contributed by atoms with E-state index in [1.807, 2.05) is 0 Å². The molecule has 1 aromatic rings. The molecule has 2 N–H and O–H groups in total. The van der Waals surface area contributed by atoms with E-state index in [9.17, 15) is 14.4 Å². The average molecular weight is 319 g/mol. The van der Waals surface area contributed by atoms with Crippen molar-refractivity contribution in [2.24, 2.45) is 0 Å². The zero-order valence-corrected chi connectivity index (χ0v) is 13.3. The second-order valence-electron chi connectivity index (χ2n) is 5.80. The van der Waals surface area contributed by atoms with Crippen LogP contribution >= 0.6 is 0 Å². The van der Waals surface area contributed by atoms with Crippen LogP contribution in [-0.4, -0.2) is 65.9 Å². The van der Waals surface area contributed by atoms with E-state index >= 15 is 0 Å². The van der Waals surface area contributed by atoms with Gasteiger partial charge in [0.05, 0.1) is 6.54 Å². The van der Waals surface area contributed by atoms with Gasteiger partial charge in [0.25, 0.3) is 5.91 Å². The van der Waals surface area contributed by atoms with E-state index in [0.717, 1.165) is 6.42 Å². The molecule has 2 rings (SSSR count). The molecular weight excluding hydrogens is 298 g/mol. The summed E-state index contributed by atoms with van der Waals surface area (Å²) in [6, 6.07) is 6.09. The Bertz CT molecular complexity index is 615. The normalized spacial score (nSPS) is 17.7. The van der Waals surface area contributed by atoms with Crippen LogP contribution in [0.3, 0.4) is 0 Å². The van der Waals surface area contributed by atoms with E-state index in [0.29, 0.717) is 24.2 Å². The number of likely N-dealkylation sites (tertiary alicyclic amines) is 1. The standard InChI is InChI=1S/C16H21N3O4/c1-18(2)15(21)11-5-3-6-12(9-11)17-14(20)10-19-8-4-7-13(19)16(22)23/h3,5-6,9,13H,4,7-8,10H2,1-2H3,(H,17,20)(H,22,23)/t13-/m0/s1. The van der Waals surface area contributed by atoms with Gasteiger partial charge >= 0.3 is 5.97 Å². The first kappa shape index (κ1) is 17.0. The Morgan fingerprint density at radius 1 is 1.35 bits per heavy atom. The molecule has 1 fully saturated rings. The summed E-state index contributed by atoms with van der Waals surface area (Å²) in [7, 11) is 3.32. The quantitative estimate of drug-likeness (QED) is 0.841. The smallest absolute Gasteiger partial charge is 0.320 e. The van der Waals surface area contributed by atoms with Crippen LogP contribution in [0.15, 0.2) is 24.3 Å². The highest BCUT2D eigenvalue weighted by atomic mass is 16.4. The third kappa shape index (κ3) is 4.29. The molecule has 0 unspecified atom stereocenters. The number of carboxylic acids is 1. The van der Waals surface area contributed by atoms with E-state index in [1.54, 1.807) is 43.3 Å². The minimum absolute atomic E-state index is 0.0306. The Labute approximate surface area is 134 Å². The Morgan fingerprint density at radius 2 is 2.09 bits per heavy atom. The molecule has 2 amide bonds. The maximum absolute atomic E-state index is 12.1. The van der Waals surface area contributed by atoms with Crippen molar-refractivity contribution >= 4 is 23.5 Å². The van der Waals surface area contributed by atoms with Gasteiger partial charge in [-0.1, -0.05) is 6.07 Å². The van der Waals surface area contributed by atoms with Crippen molar-refractivity contribution in [3.63, 3.8) is 0 Å². The van der Waals surface area contributed by atoms with Crippen molar-refractivity contribution in [3.8, 4) is 0 Å². The lowest BCUT2D eigenvalue weighted by molar-refractivity contribution is -0.142. The number of aliphatic carboxylic acids is 1. The summed E-state index contributed by atoms with van der Waals surface area (Å²) in [6.07, 6.45) is 1.34. The first-order valence-electron chi connectivity index (χ1n) is 7.47. The zero-order valence-electron chi connectivity index (χ0n) is 13.3. The molecule has 0 saturated carbocycles. The molecule has 1 aliphatic heterocycles. The van der Waals surface area contributed by atoms with Crippen molar-refractivity contribution < 1.29 is 19.5 Å². The number of anilines is 1. The van der Waals surface area contributed by atoms with Gasteiger partial charge in [-0.3, -0.25) is 19.3 Å². The lowest BCUT2D eigenvalue weighted by atomic mass is 10.2. The lowest BCUT2D eigenvalue weighted by Crippen LogP contribution is -2.40. The van der Waals surface area contributed by atoms with E-state index < -0.39 is 12.0 Å². The van der Waals surface area contributed by atoms with E-state index in [2.05, 4.69) is 5.32 Å². The van der Waals surface area contributed by atoms with E-state index in [-0.39, 0.29) is 18.4 Å². The lowest BCUT2D eigenvalue weighted by Gasteiger charge is -2.20. The molecule has 0 radical (unpaired) electrons. The summed E-state index contributed by atoms with van der Waals surface area (Å²) in [6.45, 7) is 0.631. The minimum Gasteiger partial charge on any atom is -0.480 e. The first-order chi connectivity index (χ1) is 10.9. The topological polar surface area (TPSA) is 90.0 Å². The maximum atomic E-state index is 12.1. The molecule has 1 saturated heterocycles. The maximum Gasteiger partial charge on any atom is 0.320 e. The Morgan fingerprint density at radius 3 is 2.74 bits per heavy atom. The highest BCUT2D eigenvalue weighted by molar-refractivity contribution is 5.97. The van der Waals surface area contributed by atoms with Crippen LogP contribution in [-0.2, 0) is 9.59 Å². The highest BCUT2D eigenvalue weighted by Crippen LogP contribution is 2.17. The predicted octanol–water partition coefficient (Wildman–Crippen LogP) is 0.876. The number of carbonyl (C=O) groups excluding carboxylic acids is 2. The molecule has 0 aromatic heterocycles. The Hall–Kier alpha value is -2.41. The van der Waals surface area contributed by atoms with Gasteiger partial charge in [-0.15, -0.1) is 0 Å². The molecule has 0 bridgehead atoms. The largest absolute Gasteiger partial charge is 0.480 e. The van der Waals surface area contributed by atoms with Gasteiger partial charge in [-0.25, -0.2) is 0 Å². The summed E-state index contributed by atoms with van der Waals surface area (Å²) in [4.78, 5) is 38.3. The molecule has 7 nitrogen and oxygen atoms in total. The van der Waals surface area contributed by atoms with Crippen LogP contribution in [0.5, 0.6) is 0 Å². The van der Waals surface area contributed by atoms with Crippen LogP contribution in [0, 0.1) is 0 Å². The second kappa shape index (κ2) is 7.23. The number of amides is 2. The van der Waals surface area contributed by atoms with E-state index in [1.165, 1.54) is 4.90 Å². The SMILES string of the molecule is CN(C)C(=O)c1cccc(NC(=O)CN2CCC[C@H]2C(=O)O)c1. The zero-order chi connectivity index (χ0) is 17.0. The van der Waals surface area contributed by atoms with Gasteiger partial charge < -0.3 is 15.3 Å². The minimum atomic E-state index is -0.895. The molecule has 1 aliphatic rings. The number of rotatable bonds is 5. The van der Waals surface area contributed by atoms with Gasteiger partial charge in [-0.2, -0.15) is 0 Å². The molecule has 0 aliphatic carbocycles. The number of carbonyl (C=O) groups is 3. The third-order valence-corrected chi connectivity index (χ3v) is 3.79. The van der Waals surface area contributed by atoms with Crippen LogP contribution in [0.4, 0.5) is 5.69 Å². The molecule has 1 atom stereocenters. The van der Waals surface area contributed by atoms with Gasteiger partial charge in [0.15, 0.2) is 0 Å². The predicted molar refractivity (Wildman–Crippen MR) is 85.3 cm³/mol. The fourth-order valence-electron chi connectivity index (χ4n) is 2.67. The van der Waals surface area contributed by atoms with Crippen LogP contribution in [0.1, 0.15) is 23.2 Å². The Kier molecular flexibility index (Phi) is 5.33. The second-order valence-corrected chi connectivity index (χ2v) is 5.80. The van der Waals surface area contributed by atoms with Gasteiger partial charge in [0.2, 0.25) is 5.91 Å². The van der Waals surface area contributed by atoms with Crippen LogP contribution < -0.4 is 5.32 Å². The highest BCUT2D eigenvalue weighted by Gasteiger charge is 2.31. The molecule has 23 heavy (non-hydrogen) atoms. The van der Waals surface area contributed by atoms with Crippen molar-refractivity contribution in [3.05, 3.63) is 29.8 Å². The van der Waals surface area contributed by atoms with Crippen molar-refractivity contribution in [1.29, 1.82) is 0 Å². The van der Waals surface area contributed by atoms with Gasteiger partial charge in [0, 0.05) is 25.3 Å². The number of hydrogen-bond acceptors (Lipinski definition) is 4. The number of carboxylic acid groups (broad SMARTS) is 1. The molecule has 1 aromatic carbocycles. The fourth-order valence-corrected chi connectivity index (χ4v) is 2.67. The van der Waals surface area contributed by atoms with Crippen LogP contribution in [0.2, 0.25) is 0 Å². The summed E-state index contributed by atoms with van der Waals surface area (Å²) in [5.41, 5.74) is 1.01. The molecule has 1 heterocycles. The van der Waals surface area contributed by atoms with Crippen molar-refractivity contribution in [2.45, 2.75) is 18.9 Å². The number of hydrogen-bond donors (Lipinski definition) is 2.